The average molecular weight is 427 g/mol. The predicted octanol–water partition coefficient (Wildman–Crippen LogP) is 4.55. The van der Waals surface area contributed by atoms with Crippen molar-refractivity contribution in [2.24, 2.45) is 0 Å². The smallest absolute Gasteiger partial charge is 0.270 e. The minimum absolute atomic E-state index is 0.0146. The molecule has 0 unspecified atom stereocenters. The van der Waals surface area contributed by atoms with E-state index < -0.39 is 0 Å². The SMILES string of the molecule is COc1cccc(Cc2cc(C)nn(CCCc3ccc(Br)cc3)c2=O)c1. The molecular weight excluding hydrogens is 404 g/mol. The van der Waals surface area contributed by atoms with Crippen LogP contribution in [0, 0.1) is 6.92 Å². The molecule has 0 bridgehead atoms. The van der Waals surface area contributed by atoms with Crippen molar-refractivity contribution in [2.75, 3.05) is 7.11 Å². The van der Waals surface area contributed by atoms with Gasteiger partial charge in [-0.3, -0.25) is 4.79 Å². The Labute approximate surface area is 167 Å². The fraction of sp³-hybridized carbons (Fsp3) is 0.273. The molecule has 0 radical (unpaired) electrons. The molecule has 0 N–H and O–H groups in total. The molecule has 0 aliphatic carbocycles. The maximum absolute atomic E-state index is 12.8. The second-order valence-electron chi connectivity index (χ2n) is 6.60. The number of methoxy groups -OCH3 is 1. The second kappa shape index (κ2) is 9.00. The van der Waals surface area contributed by atoms with Gasteiger partial charge in [-0.05, 0) is 61.2 Å². The second-order valence-corrected chi connectivity index (χ2v) is 7.51. The number of halogens is 1. The summed E-state index contributed by atoms with van der Waals surface area (Å²) in [6, 6.07) is 18.0. The van der Waals surface area contributed by atoms with E-state index in [1.807, 2.05) is 49.4 Å². The van der Waals surface area contributed by atoms with Crippen LogP contribution in [0.25, 0.3) is 0 Å². The summed E-state index contributed by atoms with van der Waals surface area (Å²) in [6.45, 7) is 2.54. The van der Waals surface area contributed by atoms with Crippen molar-refractivity contribution in [1.82, 2.24) is 9.78 Å². The first-order chi connectivity index (χ1) is 13.0. The van der Waals surface area contributed by atoms with Crippen molar-refractivity contribution in [1.29, 1.82) is 0 Å². The van der Waals surface area contributed by atoms with E-state index in [9.17, 15) is 4.79 Å². The lowest BCUT2D eigenvalue weighted by atomic mass is 10.1. The molecule has 4 nitrogen and oxygen atoms in total. The molecule has 2 aromatic carbocycles. The molecule has 27 heavy (non-hydrogen) atoms. The summed E-state index contributed by atoms with van der Waals surface area (Å²) in [7, 11) is 1.65. The van der Waals surface area contributed by atoms with Gasteiger partial charge in [0.25, 0.3) is 5.56 Å². The Balaban J connectivity index is 1.72. The normalized spacial score (nSPS) is 10.8. The number of hydrogen-bond acceptors (Lipinski definition) is 3. The quantitative estimate of drug-likeness (QED) is 0.556. The minimum Gasteiger partial charge on any atom is -0.497 e. The number of aromatic nitrogens is 2. The summed E-state index contributed by atoms with van der Waals surface area (Å²) < 4.78 is 7.95. The molecule has 3 rings (SSSR count). The minimum atomic E-state index is -0.0146. The summed E-state index contributed by atoms with van der Waals surface area (Å²) in [5, 5.41) is 4.43. The van der Waals surface area contributed by atoms with Gasteiger partial charge < -0.3 is 4.74 Å². The molecule has 3 aromatic rings. The first-order valence-corrected chi connectivity index (χ1v) is 9.79. The van der Waals surface area contributed by atoms with E-state index in [2.05, 4.69) is 33.2 Å². The summed E-state index contributed by atoms with van der Waals surface area (Å²) >= 11 is 3.45. The number of rotatable bonds is 7. The van der Waals surface area contributed by atoms with Crippen LogP contribution < -0.4 is 10.3 Å². The fourth-order valence-corrected chi connectivity index (χ4v) is 3.37. The van der Waals surface area contributed by atoms with Crippen molar-refractivity contribution in [3.63, 3.8) is 0 Å². The van der Waals surface area contributed by atoms with Gasteiger partial charge in [0, 0.05) is 23.0 Å². The highest BCUT2D eigenvalue weighted by Crippen LogP contribution is 2.15. The Hall–Kier alpha value is -2.40. The number of benzene rings is 2. The molecule has 0 fully saturated rings. The lowest BCUT2D eigenvalue weighted by Gasteiger charge is -2.10. The maximum Gasteiger partial charge on any atom is 0.270 e. The highest BCUT2D eigenvalue weighted by Gasteiger charge is 2.08. The van der Waals surface area contributed by atoms with Crippen LogP contribution in [-0.2, 0) is 19.4 Å². The number of ether oxygens (including phenoxy) is 1. The molecule has 140 valence electrons. The zero-order chi connectivity index (χ0) is 19.2. The topological polar surface area (TPSA) is 44.1 Å². The zero-order valence-corrected chi connectivity index (χ0v) is 17.2. The molecule has 1 heterocycles. The van der Waals surface area contributed by atoms with E-state index in [1.54, 1.807) is 11.8 Å². The molecule has 0 saturated heterocycles. The third-order valence-corrected chi connectivity index (χ3v) is 4.98. The van der Waals surface area contributed by atoms with Crippen LogP contribution in [0.4, 0.5) is 0 Å². The van der Waals surface area contributed by atoms with E-state index in [0.29, 0.717) is 13.0 Å². The van der Waals surface area contributed by atoms with Crippen molar-refractivity contribution in [3.8, 4) is 5.75 Å². The predicted molar refractivity (Wildman–Crippen MR) is 111 cm³/mol. The summed E-state index contributed by atoms with van der Waals surface area (Å²) in [5.74, 6) is 0.799. The Morgan fingerprint density at radius 1 is 1.07 bits per heavy atom. The van der Waals surface area contributed by atoms with Gasteiger partial charge in [0.05, 0.1) is 12.8 Å². The highest BCUT2D eigenvalue weighted by atomic mass is 79.9. The van der Waals surface area contributed by atoms with Gasteiger partial charge in [0.15, 0.2) is 0 Å². The van der Waals surface area contributed by atoms with Crippen molar-refractivity contribution < 1.29 is 4.74 Å². The first kappa shape index (κ1) is 19.4. The molecule has 0 amide bonds. The lowest BCUT2D eigenvalue weighted by Crippen LogP contribution is -2.27. The third-order valence-electron chi connectivity index (χ3n) is 4.45. The van der Waals surface area contributed by atoms with Crippen molar-refractivity contribution in [3.05, 3.63) is 91.8 Å². The molecule has 0 saturated carbocycles. The fourth-order valence-electron chi connectivity index (χ4n) is 3.11. The molecule has 0 atom stereocenters. The van der Waals surface area contributed by atoms with Gasteiger partial charge >= 0.3 is 0 Å². The monoisotopic (exact) mass is 426 g/mol. The number of hydrogen-bond donors (Lipinski definition) is 0. The summed E-state index contributed by atoms with van der Waals surface area (Å²) in [4.78, 5) is 12.8. The Morgan fingerprint density at radius 2 is 1.85 bits per heavy atom. The van der Waals surface area contributed by atoms with Crippen molar-refractivity contribution in [2.45, 2.75) is 32.7 Å². The molecule has 1 aromatic heterocycles. The van der Waals surface area contributed by atoms with Gasteiger partial charge in [-0.1, -0.05) is 40.2 Å². The number of nitrogens with zero attached hydrogens (tertiary/aromatic N) is 2. The van der Waals surface area contributed by atoms with Gasteiger partial charge in [-0.2, -0.15) is 5.10 Å². The Kier molecular flexibility index (Phi) is 6.45. The molecule has 0 aliphatic rings. The van der Waals surface area contributed by atoms with Gasteiger partial charge in [0.2, 0.25) is 0 Å². The van der Waals surface area contributed by atoms with Crippen LogP contribution in [0.1, 0.15) is 28.8 Å². The highest BCUT2D eigenvalue weighted by molar-refractivity contribution is 9.10. The van der Waals surface area contributed by atoms with Crippen LogP contribution >= 0.6 is 15.9 Å². The Morgan fingerprint density at radius 3 is 2.59 bits per heavy atom. The van der Waals surface area contributed by atoms with Gasteiger partial charge in [-0.15, -0.1) is 0 Å². The molecule has 0 spiro atoms. The van der Waals surface area contributed by atoms with Crippen LogP contribution in [0.5, 0.6) is 5.75 Å². The van der Waals surface area contributed by atoms with E-state index in [-0.39, 0.29) is 5.56 Å². The molecule has 5 heteroatoms. The van der Waals surface area contributed by atoms with E-state index >= 15 is 0 Å². The van der Waals surface area contributed by atoms with Gasteiger partial charge in [0.1, 0.15) is 5.75 Å². The maximum atomic E-state index is 12.8. The van der Waals surface area contributed by atoms with E-state index in [1.165, 1.54) is 5.56 Å². The molecular formula is C22H23BrN2O2. The van der Waals surface area contributed by atoms with Crippen LogP contribution in [-0.4, -0.2) is 16.9 Å². The standard InChI is InChI=1S/C22H23BrN2O2/c1-16-13-19(14-18-5-3-7-21(15-18)27-2)22(26)25(24-16)12-4-6-17-8-10-20(23)11-9-17/h3,5,7-11,13,15H,4,6,12,14H2,1-2H3. The molecule has 0 aliphatic heterocycles. The summed E-state index contributed by atoms with van der Waals surface area (Å²) in [6.07, 6.45) is 2.36. The summed E-state index contributed by atoms with van der Waals surface area (Å²) in [5.41, 5.74) is 3.92. The largest absolute Gasteiger partial charge is 0.497 e. The first-order valence-electron chi connectivity index (χ1n) is 9.00. The van der Waals surface area contributed by atoms with E-state index in [4.69, 9.17) is 4.74 Å². The Bertz CT molecular complexity index is 965. The zero-order valence-electron chi connectivity index (χ0n) is 15.6. The van der Waals surface area contributed by atoms with Crippen LogP contribution in [0.3, 0.4) is 0 Å². The average Bonchev–Trinajstić information content (AvgIpc) is 2.67. The van der Waals surface area contributed by atoms with Crippen LogP contribution in [0.2, 0.25) is 0 Å². The van der Waals surface area contributed by atoms with Crippen molar-refractivity contribution >= 4 is 15.9 Å². The number of aryl methyl sites for hydroxylation is 3. The van der Waals surface area contributed by atoms with E-state index in [0.717, 1.165) is 39.9 Å². The van der Waals surface area contributed by atoms with Crippen LogP contribution in [0.15, 0.2) is 63.9 Å². The third kappa shape index (κ3) is 5.30. The van der Waals surface area contributed by atoms with Gasteiger partial charge in [-0.25, -0.2) is 4.68 Å². The lowest BCUT2D eigenvalue weighted by molar-refractivity contribution is 0.414.